The zero-order chi connectivity index (χ0) is 6.95. The number of rotatable bonds is 6. The molecule has 0 radical (unpaired) electrons. The lowest BCUT2D eigenvalue weighted by molar-refractivity contribution is 0.628. The molecule has 0 aliphatic rings. The minimum absolute atomic E-state index is 0. The van der Waals surface area contributed by atoms with Crippen LogP contribution in [0.1, 0.15) is 45.4 Å². The van der Waals surface area contributed by atoms with Crippen LogP contribution in [0.25, 0.3) is 0 Å². The minimum atomic E-state index is 0. The Labute approximate surface area is 71.9 Å². The SMILES string of the molecule is CCCCCCCCBr.F. The highest BCUT2D eigenvalue weighted by atomic mass is 79.9. The standard InChI is InChI=1S/C8H17Br.FH/c1-2-3-4-5-6-7-8-9;/h2-8H2,1H3;1H. The summed E-state index contributed by atoms with van der Waals surface area (Å²) in [5.41, 5.74) is 0. The van der Waals surface area contributed by atoms with Gasteiger partial charge in [-0.15, -0.1) is 0 Å². The molecule has 0 aromatic rings. The number of hydrogen-bond acceptors (Lipinski definition) is 0. The summed E-state index contributed by atoms with van der Waals surface area (Å²) >= 11 is 3.42. The van der Waals surface area contributed by atoms with Gasteiger partial charge < -0.3 is 0 Å². The van der Waals surface area contributed by atoms with Crippen LogP contribution in [0, 0.1) is 0 Å². The maximum atomic E-state index is 3.42. The van der Waals surface area contributed by atoms with E-state index < -0.39 is 0 Å². The zero-order valence-electron chi connectivity index (χ0n) is 6.74. The Hall–Kier alpha value is 0.410. The molecule has 10 heavy (non-hydrogen) atoms. The van der Waals surface area contributed by atoms with Crippen LogP contribution in [0.2, 0.25) is 0 Å². The summed E-state index contributed by atoms with van der Waals surface area (Å²) in [6.07, 6.45) is 8.40. The molecule has 0 aliphatic heterocycles. The van der Waals surface area contributed by atoms with Gasteiger partial charge in [0.05, 0.1) is 0 Å². The van der Waals surface area contributed by atoms with Crippen LogP contribution in [-0.2, 0) is 0 Å². The van der Waals surface area contributed by atoms with Crippen LogP contribution in [-0.4, -0.2) is 5.33 Å². The third kappa shape index (κ3) is 11.2. The molecule has 0 spiro atoms. The number of alkyl halides is 1. The Morgan fingerprint density at radius 1 is 0.900 bits per heavy atom. The van der Waals surface area contributed by atoms with Crippen molar-refractivity contribution in [2.45, 2.75) is 45.4 Å². The van der Waals surface area contributed by atoms with Gasteiger partial charge in [0.2, 0.25) is 0 Å². The van der Waals surface area contributed by atoms with Crippen molar-refractivity contribution in [2.24, 2.45) is 0 Å². The predicted octanol–water partition coefficient (Wildman–Crippen LogP) is 3.89. The van der Waals surface area contributed by atoms with E-state index in [9.17, 15) is 0 Å². The van der Waals surface area contributed by atoms with E-state index >= 15 is 0 Å². The van der Waals surface area contributed by atoms with Crippen molar-refractivity contribution in [3.8, 4) is 0 Å². The number of unbranched alkanes of at least 4 members (excludes halogenated alkanes) is 5. The van der Waals surface area contributed by atoms with Crippen LogP contribution in [0.5, 0.6) is 0 Å². The second-order valence-corrected chi connectivity index (χ2v) is 3.25. The quantitative estimate of drug-likeness (QED) is 0.463. The molecule has 0 atom stereocenters. The first kappa shape index (κ1) is 13.0. The van der Waals surface area contributed by atoms with Gasteiger partial charge in [-0.25, -0.2) is 0 Å². The minimum Gasteiger partial charge on any atom is -0.269 e. The molecule has 0 N–H and O–H groups in total. The van der Waals surface area contributed by atoms with E-state index in [1.807, 2.05) is 0 Å². The van der Waals surface area contributed by atoms with E-state index in [2.05, 4.69) is 22.9 Å². The third-order valence-corrected chi connectivity index (χ3v) is 2.05. The van der Waals surface area contributed by atoms with Crippen molar-refractivity contribution >= 4 is 15.9 Å². The zero-order valence-corrected chi connectivity index (χ0v) is 8.32. The summed E-state index contributed by atoms with van der Waals surface area (Å²) in [7, 11) is 0. The molecule has 0 aliphatic carbocycles. The van der Waals surface area contributed by atoms with Gasteiger partial charge in [0.15, 0.2) is 0 Å². The molecule has 0 aromatic carbocycles. The Balaban J connectivity index is 0. The molecule has 0 heterocycles. The molecule has 0 rings (SSSR count). The van der Waals surface area contributed by atoms with Crippen molar-refractivity contribution < 1.29 is 4.70 Å². The topological polar surface area (TPSA) is 0 Å². The van der Waals surface area contributed by atoms with Crippen molar-refractivity contribution in [1.29, 1.82) is 0 Å². The van der Waals surface area contributed by atoms with Gasteiger partial charge in [-0.1, -0.05) is 55.0 Å². The van der Waals surface area contributed by atoms with Crippen molar-refractivity contribution in [3.63, 3.8) is 0 Å². The first-order valence-corrected chi connectivity index (χ1v) is 5.10. The van der Waals surface area contributed by atoms with E-state index in [4.69, 9.17) is 0 Å². The summed E-state index contributed by atoms with van der Waals surface area (Å²) in [4.78, 5) is 0. The van der Waals surface area contributed by atoms with Crippen molar-refractivity contribution in [3.05, 3.63) is 0 Å². The Bertz CT molecular complexity index is 42.5. The second-order valence-electron chi connectivity index (χ2n) is 2.46. The molecule has 0 unspecified atom stereocenters. The van der Waals surface area contributed by atoms with Gasteiger partial charge >= 0.3 is 0 Å². The Morgan fingerprint density at radius 3 is 1.90 bits per heavy atom. The molecule has 0 aromatic heterocycles. The van der Waals surface area contributed by atoms with Gasteiger partial charge in [0.1, 0.15) is 0 Å². The normalized spacial score (nSPS) is 9.00. The summed E-state index contributed by atoms with van der Waals surface area (Å²) < 4.78 is 0. The summed E-state index contributed by atoms with van der Waals surface area (Å²) in [5, 5.41) is 1.18. The van der Waals surface area contributed by atoms with Gasteiger partial charge in [0.25, 0.3) is 0 Å². The maximum Gasteiger partial charge on any atom is 0.00313 e. The fourth-order valence-corrected chi connectivity index (χ4v) is 1.27. The van der Waals surface area contributed by atoms with Gasteiger partial charge in [-0.2, -0.15) is 0 Å². The average molecular weight is 213 g/mol. The van der Waals surface area contributed by atoms with Crippen molar-refractivity contribution in [2.75, 3.05) is 5.33 Å². The molecule has 0 bridgehead atoms. The molecular formula is C8H18BrF. The first-order valence-electron chi connectivity index (χ1n) is 3.97. The van der Waals surface area contributed by atoms with Gasteiger partial charge in [-0.3, -0.25) is 4.70 Å². The molecule has 0 saturated heterocycles. The smallest absolute Gasteiger partial charge is 0.00313 e. The van der Waals surface area contributed by atoms with Crippen LogP contribution >= 0.6 is 15.9 Å². The lowest BCUT2D eigenvalue weighted by atomic mass is 10.1. The highest BCUT2D eigenvalue weighted by Gasteiger charge is 1.86. The second kappa shape index (κ2) is 12.1. The van der Waals surface area contributed by atoms with Gasteiger partial charge in [0, 0.05) is 5.33 Å². The largest absolute Gasteiger partial charge is 0.269 e. The lowest BCUT2D eigenvalue weighted by Crippen LogP contribution is -1.78. The summed E-state index contributed by atoms with van der Waals surface area (Å²) in [6, 6.07) is 0. The van der Waals surface area contributed by atoms with Crippen LogP contribution in [0.4, 0.5) is 4.70 Å². The maximum absolute atomic E-state index is 3.42. The predicted molar refractivity (Wildman–Crippen MR) is 49.7 cm³/mol. The number of halogens is 2. The molecule has 0 saturated carbocycles. The molecule has 0 nitrogen and oxygen atoms in total. The fourth-order valence-electron chi connectivity index (χ4n) is 0.875. The highest BCUT2D eigenvalue weighted by molar-refractivity contribution is 9.09. The molecular weight excluding hydrogens is 195 g/mol. The monoisotopic (exact) mass is 212 g/mol. The van der Waals surface area contributed by atoms with Crippen LogP contribution < -0.4 is 0 Å². The summed E-state index contributed by atoms with van der Waals surface area (Å²) in [6.45, 7) is 2.25. The molecule has 0 fully saturated rings. The van der Waals surface area contributed by atoms with E-state index in [0.29, 0.717) is 0 Å². The Kier molecular flexibility index (Phi) is 15.8. The van der Waals surface area contributed by atoms with E-state index in [1.54, 1.807) is 0 Å². The first-order chi connectivity index (χ1) is 4.41. The Morgan fingerprint density at radius 2 is 1.40 bits per heavy atom. The molecule has 2 heteroatoms. The van der Waals surface area contributed by atoms with Gasteiger partial charge in [-0.05, 0) is 6.42 Å². The molecule has 64 valence electrons. The van der Waals surface area contributed by atoms with E-state index in [0.717, 1.165) is 0 Å². The number of hydrogen-bond donors (Lipinski definition) is 0. The van der Waals surface area contributed by atoms with E-state index in [1.165, 1.54) is 43.9 Å². The molecule has 0 amide bonds. The third-order valence-electron chi connectivity index (χ3n) is 1.49. The fraction of sp³-hybridized carbons (Fsp3) is 1.00. The summed E-state index contributed by atoms with van der Waals surface area (Å²) in [5.74, 6) is 0. The van der Waals surface area contributed by atoms with Crippen LogP contribution in [0.15, 0.2) is 0 Å². The highest BCUT2D eigenvalue weighted by Crippen LogP contribution is 2.05. The van der Waals surface area contributed by atoms with Crippen LogP contribution in [0.3, 0.4) is 0 Å². The lowest BCUT2D eigenvalue weighted by Gasteiger charge is -1.95. The van der Waals surface area contributed by atoms with Crippen molar-refractivity contribution in [1.82, 2.24) is 0 Å². The van der Waals surface area contributed by atoms with E-state index in [-0.39, 0.29) is 4.70 Å². The average Bonchev–Trinajstić information content (AvgIpc) is 1.89.